The van der Waals surface area contributed by atoms with Gasteiger partial charge in [0.1, 0.15) is 5.75 Å². The number of nitrogens with zero attached hydrogens (tertiary/aromatic N) is 3. The van der Waals surface area contributed by atoms with Crippen molar-refractivity contribution < 1.29 is 13.2 Å². The van der Waals surface area contributed by atoms with Crippen LogP contribution in [0.2, 0.25) is 0 Å². The van der Waals surface area contributed by atoms with Crippen LogP contribution in [0.5, 0.6) is 5.75 Å². The first kappa shape index (κ1) is 19.0. The van der Waals surface area contributed by atoms with Gasteiger partial charge in [-0.25, -0.2) is 12.4 Å². The van der Waals surface area contributed by atoms with Gasteiger partial charge in [-0.3, -0.25) is 4.90 Å². The SMILES string of the molecule is COc1cc(CN2CCN(C)CC2)c2ccn(S(=O)(=O)c3ccccc3)c2c1. The molecule has 0 radical (unpaired) electrons. The van der Waals surface area contributed by atoms with Gasteiger partial charge in [0.2, 0.25) is 0 Å². The third-order valence-electron chi connectivity index (χ3n) is 5.36. The Hall–Kier alpha value is -2.35. The van der Waals surface area contributed by atoms with Gasteiger partial charge in [-0.2, -0.15) is 0 Å². The minimum atomic E-state index is -3.66. The molecule has 28 heavy (non-hydrogen) atoms. The van der Waals surface area contributed by atoms with E-state index in [4.69, 9.17) is 4.74 Å². The van der Waals surface area contributed by atoms with Crippen molar-refractivity contribution in [2.45, 2.75) is 11.4 Å². The van der Waals surface area contributed by atoms with Crippen molar-refractivity contribution in [3.63, 3.8) is 0 Å². The average molecular weight is 400 g/mol. The van der Waals surface area contributed by atoms with Crippen molar-refractivity contribution in [1.29, 1.82) is 0 Å². The molecule has 4 rings (SSSR count). The van der Waals surface area contributed by atoms with Crippen molar-refractivity contribution in [2.24, 2.45) is 0 Å². The van der Waals surface area contributed by atoms with E-state index in [-0.39, 0.29) is 4.90 Å². The number of fused-ring (bicyclic) bond motifs is 1. The number of ether oxygens (including phenoxy) is 1. The molecule has 0 bridgehead atoms. The lowest BCUT2D eigenvalue weighted by Gasteiger charge is -2.32. The highest BCUT2D eigenvalue weighted by Gasteiger charge is 2.21. The summed E-state index contributed by atoms with van der Waals surface area (Å²) in [4.78, 5) is 4.99. The molecule has 3 aromatic rings. The van der Waals surface area contributed by atoms with E-state index in [0.717, 1.165) is 43.7 Å². The zero-order valence-electron chi connectivity index (χ0n) is 16.2. The van der Waals surface area contributed by atoms with Gasteiger partial charge in [0.25, 0.3) is 10.0 Å². The summed E-state index contributed by atoms with van der Waals surface area (Å²) >= 11 is 0. The number of likely N-dealkylation sites (N-methyl/N-ethyl adjacent to an activating group) is 1. The fourth-order valence-electron chi connectivity index (χ4n) is 3.68. The Morgan fingerprint density at radius 3 is 2.39 bits per heavy atom. The molecule has 148 valence electrons. The summed E-state index contributed by atoms with van der Waals surface area (Å²) in [7, 11) is 0.0819. The lowest BCUT2D eigenvalue weighted by Crippen LogP contribution is -2.43. The Kier molecular flexibility index (Phi) is 5.14. The van der Waals surface area contributed by atoms with E-state index in [1.54, 1.807) is 43.6 Å². The molecule has 0 atom stereocenters. The molecule has 0 amide bonds. The van der Waals surface area contributed by atoms with Gasteiger partial charge in [-0.05, 0) is 36.9 Å². The second kappa shape index (κ2) is 7.58. The first-order chi connectivity index (χ1) is 13.5. The lowest BCUT2D eigenvalue weighted by atomic mass is 10.1. The Labute approximate surface area is 166 Å². The molecule has 1 aromatic heterocycles. The summed E-state index contributed by atoms with van der Waals surface area (Å²) in [6, 6.07) is 14.2. The number of methoxy groups -OCH3 is 1. The molecule has 2 heterocycles. The van der Waals surface area contributed by atoms with E-state index in [2.05, 4.69) is 16.8 Å². The van der Waals surface area contributed by atoms with Crippen LogP contribution in [0.25, 0.3) is 10.9 Å². The molecule has 0 aliphatic carbocycles. The Bertz CT molecular complexity index is 1070. The van der Waals surface area contributed by atoms with Gasteiger partial charge in [-0.15, -0.1) is 0 Å². The fraction of sp³-hybridized carbons (Fsp3) is 0.333. The van der Waals surface area contributed by atoms with E-state index in [9.17, 15) is 8.42 Å². The molecule has 1 aliphatic heterocycles. The molecule has 0 spiro atoms. The summed E-state index contributed by atoms with van der Waals surface area (Å²) < 4.78 is 33.1. The molecule has 1 saturated heterocycles. The number of rotatable bonds is 5. The van der Waals surface area contributed by atoms with Crippen molar-refractivity contribution in [1.82, 2.24) is 13.8 Å². The normalized spacial score (nSPS) is 16.5. The predicted molar refractivity (Wildman–Crippen MR) is 110 cm³/mol. The smallest absolute Gasteiger partial charge is 0.268 e. The van der Waals surface area contributed by atoms with Gasteiger partial charge >= 0.3 is 0 Å². The fourth-order valence-corrected chi connectivity index (χ4v) is 5.04. The maximum atomic E-state index is 13.2. The van der Waals surface area contributed by atoms with Gasteiger partial charge in [0.15, 0.2) is 0 Å². The lowest BCUT2D eigenvalue weighted by molar-refractivity contribution is 0.148. The minimum Gasteiger partial charge on any atom is -0.497 e. The molecule has 0 N–H and O–H groups in total. The second-order valence-corrected chi connectivity index (χ2v) is 9.04. The maximum absolute atomic E-state index is 13.2. The Morgan fingerprint density at radius 2 is 1.71 bits per heavy atom. The molecule has 0 unspecified atom stereocenters. The van der Waals surface area contributed by atoms with Crippen molar-refractivity contribution in [3.8, 4) is 5.75 Å². The van der Waals surface area contributed by atoms with Crippen molar-refractivity contribution >= 4 is 20.9 Å². The zero-order chi connectivity index (χ0) is 19.7. The first-order valence-corrected chi connectivity index (χ1v) is 10.8. The predicted octanol–water partition coefficient (Wildman–Crippen LogP) is 2.63. The highest BCUT2D eigenvalue weighted by molar-refractivity contribution is 7.90. The van der Waals surface area contributed by atoms with Crippen LogP contribution in [0.1, 0.15) is 5.56 Å². The van der Waals surface area contributed by atoms with E-state index < -0.39 is 10.0 Å². The largest absolute Gasteiger partial charge is 0.497 e. The van der Waals surface area contributed by atoms with E-state index in [1.165, 1.54) is 3.97 Å². The summed E-state index contributed by atoms with van der Waals surface area (Å²) in [6.45, 7) is 4.85. The van der Waals surface area contributed by atoms with Crippen LogP contribution in [0.4, 0.5) is 0 Å². The summed E-state index contributed by atoms with van der Waals surface area (Å²) in [5.74, 6) is 0.667. The molecular weight excluding hydrogens is 374 g/mol. The van der Waals surface area contributed by atoms with Gasteiger partial charge in [0, 0.05) is 50.4 Å². The van der Waals surface area contributed by atoms with Crippen molar-refractivity contribution in [3.05, 3.63) is 60.3 Å². The third kappa shape index (κ3) is 3.53. The van der Waals surface area contributed by atoms with E-state index >= 15 is 0 Å². The number of aromatic nitrogens is 1. The summed E-state index contributed by atoms with van der Waals surface area (Å²) in [6.07, 6.45) is 1.64. The van der Waals surface area contributed by atoms with Crippen LogP contribution < -0.4 is 4.74 Å². The first-order valence-electron chi connectivity index (χ1n) is 9.38. The number of hydrogen-bond acceptors (Lipinski definition) is 5. The minimum absolute atomic E-state index is 0.274. The van der Waals surface area contributed by atoms with E-state index in [1.807, 2.05) is 18.2 Å². The number of hydrogen-bond donors (Lipinski definition) is 0. The standard InChI is InChI=1S/C21H25N3O3S/c1-22-10-12-23(13-11-22)16-17-14-18(27-2)15-21-20(17)8-9-24(21)28(25,26)19-6-4-3-5-7-19/h3-9,14-15H,10-13,16H2,1-2H3. The average Bonchev–Trinajstić information content (AvgIpc) is 3.15. The van der Waals surface area contributed by atoms with Crippen LogP contribution >= 0.6 is 0 Å². The Morgan fingerprint density at radius 1 is 1.00 bits per heavy atom. The maximum Gasteiger partial charge on any atom is 0.268 e. The van der Waals surface area contributed by atoms with Crippen LogP contribution in [-0.2, 0) is 16.6 Å². The highest BCUT2D eigenvalue weighted by Crippen LogP contribution is 2.30. The Balaban J connectivity index is 1.77. The number of benzene rings is 2. The second-order valence-electron chi connectivity index (χ2n) is 7.23. The topological polar surface area (TPSA) is 54.8 Å². The molecule has 6 nitrogen and oxygen atoms in total. The highest BCUT2D eigenvalue weighted by atomic mass is 32.2. The quantitative estimate of drug-likeness (QED) is 0.660. The molecule has 1 aliphatic rings. The number of piperazine rings is 1. The van der Waals surface area contributed by atoms with Crippen LogP contribution in [0.3, 0.4) is 0 Å². The molecular formula is C21H25N3O3S. The van der Waals surface area contributed by atoms with Crippen molar-refractivity contribution in [2.75, 3.05) is 40.3 Å². The molecule has 7 heteroatoms. The van der Waals surface area contributed by atoms with Crippen LogP contribution in [0, 0.1) is 0 Å². The monoisotopic (exact) mass is 399 g/mol. The van der Waals surface area contributed by atoms with Crippen LogP contribution in [0.15, 0.2) is 59.6 Å². The van der Waals surface area contributed by atoms with E-state index in [0.29, 0.717) is 11.3 Å². The van der Waals surface area contributed by atoms with Gasteiger partial charge in [0.05, 0.1) is 17.5 Å². The summed E-state index contributed by atoms with van der Waals surface area (Å²) in [5.41, 5.74) is 1.73. The van der Waals surface area contributed by atoms with Gasteiger partial charge in [-0.1, -0.05) is 18.2 Å². The van der Waals surface area contributed by atoms with Gasteiger partial charge < -0.3 is 9.64 Å². The zero-order valence-corrected chi connectivity index (χ0v) is 17.0. The molecule has 2 aromatic carbocycles. The molecule has 0 saturated carbocycles. The van der Waals surface area contributed by atoms with Crippen LogP contribution in [-0.4, -0.2) is 62.5 Å². The third-order valence-corrected chi connectivity index (χ3v) is 7.06. The summed E-state index contributed by atoms with van der Waals surface area (Å²) in [5, 5.41) is 0.944. The molecule has 1 fully saturated rings.